The molecule has 2 aromatic rings. The van der Waals surface area contributed by atoms with Gasteiger partial charge in [-0.2, -0.15) is 0 Å². The molecule has 4 N–H and O–H groups in total. The van der Waals surface area contributed by atoms with E-state index in [1.165, 1.54) is 6.92 Å². The van der Waals surface area contributed by atoms with Crippen molar-refractivity contribution in [2.24, 2.45) is 0 Å². The fraction of sp³-hybridized carbons (Fsp3) is 0.444. The molecule has 12 nitrogen and oxygen atoms in total. The number of hydrogen-bond acceptors (Lipinski definition) is 10. The molecule has 1 aliphatic rings. The standard InChI is InChI=1S/C27H34N3O9PS/c1-7-10-19-11-9-12-20(17(19)5)39-40(41,29-18(6)24(33)37-16(3)4)36-15-21-23(32)27(35,8-2)25(38-21)30-14-13-22(31)28-26(30)34/h2,7,9-14,16,18,21,23,25,32,35H,15H2,1,3-6H3,(H,29,41)(H,28,31,34)/b10-7-/t18-,21+,23+,25+,27+,40?/m0/s1. The zero-order valence-corrected chi connectivity index (χ0v) is 25.0. The van der Waals surface area contributed by atoms with Gasteiger partial charge in [0.25, 0.3) is 5.56 Å². The highest BCUT2D eigenvalue weighted by molar-refractivity contribution is 8.09. The van der Waals surface area contributed by atoms with Crippen LogP contribution in [0.2, 0.25) is 0 Å². The van der Waals surface area contributed by atoms with E-state index in [1.807, 2.05) is 37.0 Å². The lowest BCUT2D eigenvalue weighted by Gasteiger charge is -2.29. The van der Waals surface area contributed by atoms with Crippen LogP contribution in [0.15, 0.2) is 46.1 Å². The monoisotopic (exact) mass is 607 g/mol. The van der Waals surface area contributed by atoms with Crippen LogP contribution in [0, 0.1) is 19.3 Å². The topological polar surface area (TPSA) is 161 Å². The van der Waals surface area contributed by atoms with E-state index in [-0.39, 0.29) is 6.10 Å². The average Bonchev–Trinajstić information content (AvgIpc) is 3.15. The molecule has 41 heavy (non-hydrogen) atoms. The summed E-state index contributed by atoms with van der Waals surface area (Å²) < 4.78 is 24.1. The Morgan fingerprint density at radius 2 is 2.07 bits per heavy atom. The summed E-state index contributed by atoms with van der Waals surface area (Å²) in [6, 6.07) is 5.47. The number of H-pyrrole nitrogens is 1. The lowest BCUT2D eigenvalue weighted by atomic mass is 9.95. The Labute approximate surface area is 242 Å². The van der Waals surface area contributed by atoms with E-state index < -0.39 is 60.5 Å². The number of carbonyl (C=O) groups excluding carboxylic acids is 1. The molecule has 1 aliphatic heterocycles. The minimum atomic E-state index is -3.58. The van der Waals surface area contributed by atoms with Gasteiger partial charge < -0.3 is 28.7 Å². The molecule has 0 spiro atoms. The minimum absolute atomic E-state index is 0.372. The number of aromatic nitrogens is 2. The predicted molar refractivity (Wildman–Crippen MR) is 156 cm³/mol. The lowest BCUT2D eigenvalue weighted by Crippen LogP contribution is -2.48. The number of carbonyl (C=O) groups is 1. The first-order chi connectivity index (χ1) is 19.2. The van der Waals surface area contributed by atoms with E-state index in [0.29, 0.717) is 5.75 Å². The van der Waals surface area contributed by atoms with E-state index in [4.69, 9.17) is 36.8 Å². The maximum absolute atomic E-state index is 12.6. The summed E-state index contributed by atoms with van der Waals surface area (Å²) >= 11 is 5.77. The Morgan fingerprint density at radius 1 is 1.37 bits per heavy atom. The first-order valence-corrected chi connectivity index (χ1v) is 15.4. The van der Waals surface area contributed by atoms with Crippen molar-refractivity contribution in [3.63, 3.8) is 0 Å². The maximum Gasteiger partial charge on any atom is 0.330 e. The molecule has 1 unspecified atom stereocenters. The van der Waals surface area contributed by atoms with Gasteiger partial charge in [-0.1, -0.05) is 30.2 Å². The number of aromatic amines is 1. The van der Waals surface area contributed by atoms with Crippen LogP contribution < -0.4 is 20.9 Å². The van der Waals surface area contributed by atoms with Gasteiger partial charge in [0.2, 0.25) is 0 Å². The van der Waals surface area contributed by atoms with Gasteiger partial charge in [0.05, 0.1) is 12.7 Å². The molecule has 2 heterocycles. The molecule has 222 valence electrons. The number of nitrogens with one attached hydrogen (secondary N) is 2. The molecule has 1 aromatic heterocycles. The van der Waals surface area contributed by atoms with Crippen molar-refractivity contribution in [3.05, 3.63) is 68.5 Å². The molecular weight excluding hydrogens is 573 g/mol. The third-order valence-corrected chi connectivity index (χ3v) is 8.66. The second-order valence-electron chi connectivity index (χ2n) is 9.65. The van der Waals surface area contributed by atoms with Gasteiger partial charge in [-0.25, -0.2) is 9.88 Å². The Bertz CT molecular complexity index is 1500. The second-order valence-corrected chi connectivity index (χ2v) is 12.8. The molecular formula is C27H34N3O9PS. The highest BCUT2D eigenvalue weighted by Gasteiger charge is 2.56. The largest absolute Gasteiger partial charge is 0.462 e. The predicted octanol–water partition coefficient (Wildman–Crippen LogP) is 1.75. The lowest BCUT2D eigenvalue weighted by molar-refractivity contribution is -0.149. The summed E-state index contributed by atoms with van der Waals surface area (Å²) in [7, 11) is 0. The van der Waals surface area contributed by atoms with Gasteiger partial charge >= 0.3 is 18.3 Å². The first kappa shape index (κ1) is 32.4. The summed E-state index contributed by atoms with van der Waals surface area (Å²) in [5.74, 6) is 1.89. The normalized spacial score (nSPS) is 24.6. The maximum atomic E-state index is 12.6. The number of nitrogens with zero attached hydrogens (tertiary/aromatic N) is 1. The van der Waals surface area contributed by atoms with Crippen molar-refractivity contribution in [1.29, 1.82) is 0 Å². The van der Waals surface area contributed by atoms with Crippen LogP contribution in [0.25, 0.3) is 6.08 Å². The van der Waals surface area contributed by atoms with Crippen LogP contribution in [0.5, 0.6) is 5.75 Å². The third kappa shape index (κ3) is 7.42. The summed E-state index contributed by atoms with van der Waals surface area (Å²) in [6.45, 7) is 4.64. The molecule has 6 atom stereocenters. The van der Waals surface area contributed by atoms with E-state index in [1.54, 1.807) is 26.0 Å². The number of hydrogen-bond donors (Lipinski definition) is 4. The number of rotatable bonds is 11. The van der Waals surface area contributed by atoms with Crippen LogP contribution in [-0.4, -0.2) is 62.3 Å². The van der Waals surface area contributed by atoms with Crippen molar-refractivity contribution in [2.45, 2.75) is 70.8 Å². The molecule has 1 aromatic carbocycles. The SMILES string of the molecule is C#C[C@@]1(O)[C@H](O)[C@@H](COP(=S)(N[C@@H](C)C(=O)OC(C)C)Oc2cccc(/C=C\C)c2C)O[C@H]1n1ccc(=O)[nH]c1=O. The highest BCUT2D eigenvalue weighted by Crippen LogP contribution is 2.48. The van der Waals surface area contributed by atoms with E-state index in [0.717, 1.165) is 28.0 Å². The zero-order valence-electron chi connectivity index (χ0n) is 23.3. The Hall–Kier alpha value is -3.08. The molecule has 0 radical (unpaired) electrons. The third-order valence-electron chi connectivity index (χ3n) is 6.17. The summed E-state index contributed by atoms with van der Waals surface area (Å²) in [4.78, 5) is 38.5. The van der Waals surface area contributed by atoms with Gasteiger partial charge in [-0.15, -0.1) is 6.42 Å². The zero-order chi connectivity index (χ0) is 30.5. The summed E-state index contributed by atoms with van der Waals surface area (Å²) in [5, 5.41) is 24.9. The number of terminal acetylenes is 1. The number of benzene rings is 1. The summed E-state index contributed by atoms with van der Waals surface area (Å²) in [5.41, 5.74) is -2.30. The molecule has 1 saturated heterocycles. The van der Waals surface area contributed by atoms with E-state index in [2.05, 4.69) is 11.0 Å². The number of esters is 1. The molecule has 0 amide bonds. The van der Waals surface area contributed by atoms with Gasteiger partial charge in [-0.3, -0.25) is 19.1 Å². The van der Waals surface area contributed by atoms with E-state index >= 15 is 0 Å². The van der Waals surface area contributed by atoms with Crippen molar-refractivity contribution < 1.29 is 33.5 Å². The fourth-order valence-electron chi connectivity index (χ4n) is 4.06. The highest BCUT2D eigenvalue weighted by atomic mass is 32.5. The summed E-state index contributed by atoms with van der Waals surface area (Å²) in [6.07, 6.45) is 5.42. The molecule has 14 heteroatoms. The van der Waals surface area contributed by atoms with Crippen LogP contribution in [-0.2, 0) is 30.6 Å². The molecule has 0 saturated carbocycles. The van der Waals surface area contributed by atoms with Crippen molar-refractivity contribution in [3.8, 4) is 18.1 Å². The molecule has 0 bridgehead atoms. The number of allylic oxidation sites excluding steroid dienone is 1. The van der Waals surface area contributed by atoms with Crippen LogP contribution >= 0.6 is 6.64 Å². The number of aliphatic hydroxyl groups is 2. The number of aliphatic hydroxyl groups excluding tert-OH is 1. The number of ether oxygens (including phenoxy) is 2. The van der Waals surface area contributed by atoms with Crippen LogP contribution in [0.3, 0.4) is 0 Å². The molecule has 0 aliphatic carbocycles. The van der Waals surface area contributed by atoms with Gasteiger partial charge in [0.15, 0.2) is 11.8 Å². The van der Waals surface area contributed by atoms with Crippen molar-refractivity contribution in [2.75, 3.05) is 6.61 Å². The van der Waals surface area contributed by atoms with Gasteiger partial charge in [-0.05, 0) is 63.6 Å². The average molecular weight is 608 g/mol. The van der Waals surface area contributed by atoms with Crippen molar-refractivity contribution >= 4 is 30.5 Å². The van der Waals surface area contributed by atoms with Crippen LogP contribution in [0.4, 0.5) is 0 Å². The second kappa shape index (κ2) is 13.3. The Balaban J connectivity index is 1.91. The smallest absolute Gasteiger partial charge is 0.330 e. The quantitative estimate of drug-likeness (QED) is 0.167. The Morgan fingerprint density at radius 3 is 2.68 bits per heavy atom. The molecule has 1 fully saturated rings. The first-order valence-electron chi connectivity index (χ1n) is 12.7. The van der Waals surface area contributed by atoms with Crippen LogP contribution in [0.1, 0.15) is 45.0 Å². The fourth-order valence-corrected chi connectivity index (χ4v) is 6.51. The minimum Gasteiger partial charge on any atom is -0.462 e. The van der Waals surface area contributed by atoms with Crippen molar-refractivity contribution in [1.82, 2.24) is 14.6 Å². The van der Waals surface area contributed by atoms with E-state index in [9.17, 15) is 24.6 Å². The van der Waals surface area contributed by atoms with Gasteiger partial charge in [0, 0.05) is 12.3 Å². The molecule has 3 rings (SSSR count). The Kier molecular flexibility index (Phi) is 10.5. The van der Waals surface area contributed by atoms with Gasteiger partial charge in [0.1, 0.15) is 24.0 Å².